The van der Waals surface area contributed by atoms with E-state index in [0.717, 1.165) is 4.90 Å². The van der Waals surface area contributed by atoms with E-state index in [1.54, 1.807) is 51.1 Å². The number of carbonyl (C=O) groups excluding carboxylic acids is 2. The Bertz CT molecular complexity index is 1170. The number of carbonyl (C=O) groups is 2. The molecule has 0 aliphatic heterocycles. The SMILES string of the molecule is COc1ccc(/C(=C/C#N)c2cc(OC)c(OC)c(OC)c2)cc1N(C(=O)CN)C(=O)OC(C)(C)C. The number of imide groups is 1. The predicted molar refractivity (Wildman–Crippen MR) is 135 cm³/mol. The van der Waals surface area contributed by atoms with Crippen LogP contribution in [0.15, 0.2) is 36.4 Å². The van der Waals surface area contributed by atoms with Gasteiger partial charge in [-0.25, -0.2) is 9.69 Å². The summed E-state index contributed by atoms with van der Waals surface area (Å²) in [6.45, 7) is 4.60. The molecular weight excluding hydrogens is 466 g/mol. The number of nitrogens with zero attached hydrogens (tertiary/aromatic N) is 2. The first kappa shape index (κ1) is 28.0. The maximum atomic E-state index is 13.0. The van der Waals surface area contributed by atoms with E-state index >= 15 is 0 Å². The fraction of sp³-hybridized carbons (Fsp3) is 0.346. The van der Waals surface area contributed by atoms with Crippen LogP contribution in [0.5, 0.6) is 23.0 Å². The van der Waals surface area contributed by atoms with Gasteiger partial charge in [-0.15, -0.1) is 0 Å². The van der Waals surface area contributed by atoms with Crippen LogP contribution in [0, 0.1) is 11.3 Å². The first-order valence-corrected chi connectivity index (χ1v) is 10.9. The molecule has 0 unspecified atom stereocenters. The van der Waals surface area contributed by atoms with Crippen LogP contribution in [0.2, 0.25) is 0 Å². The highest BCUT2D eigenvalue weighted by atomic mass is 16.6. The van der Waals surface area contributed by atoms with Gasteiger partial charge in [-0.3, -0.25) is 4.79 Å². The van der Waals surface area contributed by atoms with Crippen LogP contribution >= 0.6 is 0 Å². The molecule has 0 radical (unpaired) electrons. The summed E-state index contributed by atoms with van der Waals surface area (Å²) < 4.78 is 27.1. The maximum Gasteiger partial charge on any atom is 0.421 e. The van der Waals surface area contributed by atoms with Gasteiger partial charge in [-0.1, -0.05) is 6.07 Å². The number of rotatable bonds is 8. The average Bonchev–Trinajstić information content (AvgIpc) is 2.85. The van der Waals surface area contributed by atoms with Crippen molar-refractivity contribution in [3.63, 3.8) is 0 Å². The fourth-order valence-electron chi connectivity index (χ4n) is 3.40. The molecule has 36 heavy (non-hydrogen) atoms. The topological polar surface area (TPSA) is 133 Å². The monoisotopic (exact) mass is 497 g/mol. The first-order chi connectivity index (χ1) is 17.0. The number of methoxy groups -OCH3 is 4. The highest BCUT2D eigenvalue weighted by Gasteiger charge is 2.31. The molecule has 0 heterocycles. The van der Waals surface area contributed by atoms with Gasteiger partial charge in [0.05, 0.1) is 46.7 Å². The van der Waals surface area contributed by atoms with Crippen LogP contribution in [-0.2, 0) is 9.53 Å². The zero-order valence-corrected chi connectivity index (χ0v) is 21.5. The molecule has 2 N–H and O–H groups in total. The molecule has 192 valence electrons. The predicted octanol–water partition coefficient (Wildman–Crippen LogP) is 3.90. The number of hydrogen-bond donors (Lipinski definition) is 1. The Morgan fingerprint density at radius 1 is 0.944 bits per heavy atom. The number of benzene rings is 2. The Labute approximate surface area is 210 Å². The van der Waals surface area contributed by atoms with Crippen molar-refractivity contribution in [2.45, 2.75) is 26.4 Å². The van der Waals surface area contributed by atoms with Crippen molar-refractivity contribution in [2.24, 2.45) is 5.73 Å². The van der Waals surface area contributed by atoms with Crippen LogP contribution in [-0.4, -0.2) is 52.6 Å². The number of anilines is 1. The standard InChI is InChI=1S/C26H31N3O7/c1-26(2,3)36-25(31)29(23(30)15-28)19-12-16(8-9-20(19)32-4)18(10-11-27)17-13-21(33-5)24(35-7)22(14-17)34-6/h8-10,12-14H,15,28H2,1-7H3/b18-10-. The Balaban J connectivity index is 2.77. The van der Waals surface area contributed by atoms with Crippen molar-refractivity contribution in [2.75, 3.05) is 39.9 Å². The molecule has 2 aromatic rings. The maximum absolute atomic E-state index is 13.0. The lowest BCUT2D eigenvalue weighted by atomic mass is 9.96. The normalized spacial score (nSPS) is 11.2. The molecule has 0 aliphatic carbocycles. The van der Waals surface area contributed by atoms with E-state index in [0.29, 0.717) is 33.9 Å². The minimum absolute atomic E-state index is 0.107. The first-order valence-electron chi connectivity index (χ1n) is 10.9. The molecule has 2 amide bonds. The molecule has 10 heteroatoms. The van der Waals surface area contributed by atoms with Gasteiger partial charge in [-0.2, -0.15) is 5.26 Å². The molecule has 10 nitrogen and oxygen atoms in total. The van der Waals surface area contributed by atoms with Gasteiger partial charge in [0.25, 0.3) is 0 Å². The molecule has 0 saturated carbocycles. The van der Waals surface area contributed by atoms with Crippen LogP contribution in [0.4, 0.5) is 10.5 Å². The summed E-state index contributed by atoms with van der Waals surface area (Å²) in [7, 11) is 5.86. The Morgan fingerprint density at radius 3 is 1.97 bits per heavy atom. The lowest BCUT2D eigenvalue weighted by Crippen LogP contribution is -2.44. The molecule has 0 spiro atoms. The highest BCUT2D eigenvalue weighted by molar-refractivity contribution is 6.14. The van der Waals surface area contributed by atoms with Crippen molar-refractivity contribution in [1.82, 2.24) is 0 Å². The fourth-order valence-corrected chi connectivity index (χ4v) is 3.40. The molecule has 0 bridgehead atoms. The second-order valence-electron chi connectivity index (χ2n) is 8.40. The van der Waals surface area contributed by atoms with Gasteiger partial charge >= 0.3 is 6.09 Å². The third kappa shape index (κ3) is 6.25. The summed E-state index contributed by atoms with van der Waals surface area (Å²) in [4.78, 5) is 26.6. The van der Waals surface area contributed by atoms with Gasteiger partial charge < -0.3 is 29.4 Å². The molecule has 0 aliphatic rings. The van der Waals surface area contributed by atoms with Crippen molar-refractivity contribution >= 4 is 23.3 Å². The largest absolute Gasteiger partial charge is 0.495 e. The van der Waals surface area contributed by atoms with E-state index in [1.165, 1.54) is 34.5 Å². The summed E-state index contributed by atoms with van der Waals surface area (Å²) >= 11 is 0. The van der Waals surface area contributed by atoms with Crippen LogP contribution < -0.4 is 29.6 Å². The smallest absolute Gasteiger partial charge is 0.421 e. The van der Waals surface area contributed by atoms with Crippen LogP contribution in [0.25, 0.3) is 5.57 Å². The Hall–Kier alpha value is -4.23. The third-order valence-corrected chi connectivity index (χ3v) is 4.92. The van der Waals surface area contributed by atoms with E-state index in [4.69, 9.17) is 29.4 Å². The third-order valence-electron chi connectivity index (χ3n) is 4.92. The van der Waals surface area contributed by atoms with E-state index in [1.807, 2.05) is 6.07 Å². The molecule has 0 aromatic heterocycles. The number of ether oxygens (including phenoxy) is 5. The average molecular weight is 498 g/mol. The zero-order chi connectivity index (χ0) is 27.0. The van der Waals surface area contributed by atoms with E-state index in [9.17, 15) is 14.9 Å². The van der Waals surface area contributed by atoms with Gasteiger partial charge in [0.15, 0.2) is 11.5 Å². The van der Waals surface area contributed by atoms with Crippen LogP contribution in [0.3, 0.4) is 0 Å². The van der Waals surface area contributed by atoms with Gasteiger partial charge in [0.1, 0.15) is 11.4 Å². The molecule has 0 atom stereocenters. The summed E-state index contributed by atoms with van der Waals surface area (Å²) in [5.74, 6) is 0.697. The summed E-state index contributed by atoms with van der Waals surface area (Å²) in [5, 5.41) is 9.54. The second-order valence-corrected chi connectivity index (χ2v) is 8.40. The summed E-state index contributed by atoms with van der Waals surface area (Å²) in [5.41, 5.74) is 6.37. The zero-order valence-electron chi connectivity index (χ0n) is 21.5. The number of hydrogen-bond acceptors (Lipinski definition) is 9. The molecule has 0 saturated heterocycles. The van der Waals surface area contributed by atoms with E-state index in [-0.39, 0.29) is 11.4 Å². The quantitative estimate of drug-likeness (QED) is 0.539. The molecule has 2 rings (SSSR count). The lowest BCUT2D eigenvalue weighted by molar-refractivity contribution is -0.117. The Kier molecular flexibility index (Phi) is 9.30. The van der Waals surface area contributed by atoms with Crippen LogP contribution in [0.1, 0.15) is 31.9 Å². The minimum atomic E-state index is -0.910. The lowest BCUT2D eigenvalue weighted by Gasteiger charge is -2.27. The summed E-state index contributed by atoms with van der Waals surface area (Å²) in [6, 6.07) is 10.2. The highest BCUT2D eigenvalue weighted by Crippen LogP contribution is 2.42. The van der Waals surface area contributed by atoms with Crippen molar-refractivity contribution < 1.29 is 33.3 Å². The van der Waals surface area contributed by atoms with Crippen molar-refractivity contribution in [3.05, 3.63) is 47.5 Å². The number of allylic oxidation sites excluding steroid dienone is 1. The molecule has 0 fully saturated rings. The number of nitrogens with two attached hydrogens (primary N) is 1. The number of amides is 2. The molecular formula is C26H31N3O7. The summed E-state index contributed by atoms with van der Waals surface area (Å²) in [6.07, 6.45) is 0.418. The van der Waals surface area contributed by atoms with Gasteiger partial charge in [-0.05, 0) is 61.7 Å². The Morgan fingerprint density at radius 2 is 1.53 bits per heavy atom. The van der Waals surface area contributed by atoms with Gasteiger partial charge in [0, 0.05) is 6.08 Å². The number of nitriles is 1. The minimum Gasteiger partial charge on any atom is -0.495 e. The van der Waals surface area contributed by atoms with Gasteiger partial charge in [0.2, 0.25) is 11.7 Å². The van der Waals surface area contributed by atoms with Crippen molar-refractivity contribution in [3.8, 4) is 29.1 Å². The van der Waals surface area contributed by atoms with E-state index in [2.05, 4.69) is 0 Å². The van der Waals surface area contributed by atoms with E-state index < -0.39 is 24.1 Å². The van der Waals surface area contributed by atoms with Crippen molar-refractivity contribution in [1.29, 1.82) is 5.26 Å². The second kappa shape index (κ2) is 12.0. The molecule has 2 aromatic carbocycles.